The predicted molar refractivity (Wildman–Crippen MR) is 269 cm³/mol. The molecule has 5 aliphatic carbocycles. The van der Waals surface area contributed by atoms with E-state index in [0.29, 0.717) is 37.7 Å². The van der Waals surface area contributed by atoms with Gasteiger partial charge in [0.25, 0.3) is 0 Å². The van der Waals surface area contributed by atoms with Gasteiger partial charge in [0.1, 0.15) is 79.4 Å². The smallest absolute Gasteiger partial charge is 0.335 e. The lowest BCUT2D eigenvalue weighted by molar-refractivity contribution is -0.392. The van der Waals surface area contributed by atoms with Crippen molar-refractivity contribution in [2.24, 2.45) is 50.2 Å². The summed E-state index contributed by atoms with van der Waals surface area (Å²) in [4.78, 5) is 39.5. The Hall–Kier alpha value is -2.83. The third-order valence-corrected chi connectivity index (χ3v) is 21.1. The highest BCUT2D eigenvalue weighted by molar-refractivity contribution is 5.87. The SMILES string of the molecule is C/C=C(/C)C(=O)O[C@H]1[C@H](OC(C)=O)[C@@]2(CO)C(CC1(C)C)C1=CCC3[C@@]4(C)CC[C@H](O[C@@H]5OC(C(=O)O)C(O[C@@H]6OC(CO)C(O)[C@@H](O)[C@@H]6O)[C@@H](O)[C@@H]5O[C@@H]5OC(CO)C(O)[C@@H](O)[C@@H]5O)[C@](C)(CO)C4CC[C@@]3(C)[C@]1(C)C[C@H]2O. The van der Waals surface area contributed by atoms with Crippen LogP contribution >= 0.6 is 0 Å². The van der Waals surface area contributed by atoms with Gasteiger partial charge in [0.05, 0.1) is 44.1 Å². The van der Waals surface area contributed by atoms with Crippen LogP contribution in [0.5, 0.6) is 0 Å². The van der Waals surface area contributed by atoms with Crippen LogP contribution in [-0.4, -0.2) is 227 Å². The van der Waals surface area contributed by atoms with Gasteiger partial charge in [-0.05, 0) is 92.8 Å². The van der Waals surface area contributed by atoms with Crippen molar-refractivity contribution < 1.29 is 119 Å². The van der Waals surface area contributed by atoms with Crippen LogP contribution in [0.1, 0.15) is 107 Å². The number of aliphatic carboxylic acids is 1. The Balaban J connectivity index is 1.12. The summed E-state index contributed by atoms with van der Waals surface area (Å²) in [6.07, 6.45) is -26.5. The molecule has 79 heavy (non-hydrogen) atoms. The fourth-order valence-corrected chi connectivity index (χ4v) is 16.2. The minimum Gasteiger partial charge on any atom is -0.479 e. The Bertz CT molecular complexity index is 2290. The van der Waals surface area contributed by atoms with Gasteiger partial charge in [0.2, 0.25) is 0 Å². The van der Waals surface area contributed by atoms with E-state index in [9.17, 15) is 80.8 Å². The molecule has 0 spiro atoms. The number of esters is 2. The van der Waals surface area contributed by atoms with Gasteiger partial charge in [-0.15, -0.1) is 0 Å². The molecule has 0 aromatic carbocycles. The normalized spacial score (nSPS) is 50.6. The monoisotopic (exact) mass is 1130 g/mol. The van der Waals surface area contributed by atoms with Crippen LogP contribution in [0.3, 0.4) is 0 Å². The summed E-state index contributed by atoms with van der Waals surface area (Å²) in [6.45, 7) is 14.1. The molecule has 8 aliphatic rings. The summed E-state index contributed by atoms with van der Waals surface area (Å²) >= 11 is 0. The van der Waals surface area contributed by atoms with Crippen LogP contribution in [0.15, 0.2) is 23.3 Å². The number of carbonyl (C=O) groups is 3. The Morgan fingerprint density at radius 3 is 1.76 bits per heavy atom. The molecular weight excluding hydrogens is 1040 g/mol. The van der Waals surface area contributed by atoms with E-state index < -0.39 is 199 Å². The zero-order valence-corrected chi connectivity index (χ0v) is 46.4. The lowest BCUT2D eigenvalue weighted by Crippen LogP contribution is -2.72. The fourth-order valence-electron chi connectivity index (χ4n) is 16.2. The first-order chi connectivity index (χ1) is 36.9. The molecule has 0 amide bonds. The van der Waals surface area contributed by atoms with Crippen LogP contribution in [-0.2, 0) is 52.3 Å². The van der Waals surface area contributed by atoms with Crippen molar-refractivity contribution in [3.63, 3.8) is 0 Å². The quantitative estimate of drug-likeness (QED) is 0.0415. The lowest BCUT2D eigenvalue weighted by Gasteiger charge is -2.72. The van der Waals surface area contributed by atoms with E-state index in [1.54, 1.807) is 19.9 Å². The number of ether oxygens (including phenoxy) is 8. The Labute approximate surface area is 459 Å². The maximum absolute atomic E-state index is 13.4. The van der Waals surface area contributed by atoms with Gasteiger partial charge in [0.15, 0.2) is 25.0 Å². The number of rotatable bonds is 14. The highest BCUT2D eigenvalue weighted by atomic mass is 16.8. The molecule has 3 heterocycles. The second kappa shape index (κ2) is 22.6. The predicted octanol–water partition coefficient (Wildman–Crippen LogP) is -1.32. The molecule has 450 valence electrons. The number of aliphatic hydroxyl groups is 12. The number of hydrogen-bond acceptors (Lipinski definition) is 23. The van der Waals surface area contributed by atoms with Crippen LogP contribution in [0.4, 0.5) is 0 Å². The highest BCUT2D eigenvalue weighted by Crippen LogP contribution is 2.76. The van der Waals surface area contributed by atoms with Crippen molar-refractivity contribution in [1.29, 1.82) is 0 Å². The van der Waals surface area contributed by atoms with Gasteiger partial charge in [-0.1, -0.05) is 59.3 Å². The largest absolute Gasteiger partial charge is 0.479 e. The molecular formula is C55H86O24. The first-order valence-electron chi connectivity index (χ1n) is 27.7. The second-order valence-electron chi connectivity index (χ2n) is 25.5. The van der Waals surface area contributed by atoms with E-state index in [-0.39, 0.29) is 24.7 Å². The van der Waals surface area contributed by atoms with Crippen molar-refractivity contribution >= 4 is 17.9 Å². The maximum atomic E-state index is 13.4. The first-order valence-corrected chi connectivity index (χ1v) is 27.7. The van der Waals surface area contributed by atoms with Crippen LogP contribution in [0.25, 0.3) is 0 Å². The van der Waals surface area contributed by atoms with Crippen LogP contribution in [0.2, 0.25) is 0 Å². The zero-order valence-electron chi connectivity index (χ0n) is 46.4. The second-order valence-corrected chi connectivity index (χ2v) is 25.5. The van der Waals surface area contributed by atoms with E-state index in [1.165, 1.54) is 6.92 Å². The molecule has 9 unspecified atom stereocenters. The highest BCUT2D eigenvalue weighted by Gasteiger charge is 2.74. The summed E-state index contributed by atoms with van der Waals surface area (Å²) in [5, 5.41) is 143. The van der Waals surface area contributed by atoms with Gasteiger partial charge in [-0.25, -0.2) is 9.59 Å². The minimum absolute atomic E-state index is 0.0849. The van der Waals surface area contributed by atoms with E-state index in [0.717, 1.165) is 5.57 Å². The fraction of sp³-hybridized carbons (Fsp3) is 0.873. The van der Waals surface area contributed by atoms with E-state index in [1.807, 2.05) is 20.8 Å². The van der Waals surface area contributed by atoms with Crippen molar-refractivity contribution in [2.45, 2.75) is 224 Å². The third-order valence-electron chi connectivity index (χ3n) is 21.1. The number of carboxylic acid groups (broad SMARTS) is 1. The van der Waals surface area contributed by atoms with Gasteiger partial charge in [-0.3, -0.25) is 4.79 Å². The van der Waals surface area contributed by atoms with Gasteiger partial charge in [0, 0.05) is 23.3 Å². The maximum Gasteiger partial charge on any atom is 0.335 e. The van der Waals surface area contributed by atoms with Gasteiger partial charge < -0.3 is 104 Å². The van der Waals surface area contributed by atoms with E-state index >= 15 is 0 Å². The molecule has 24 nitrogen and oxygen atoms in total. The topological polar surface area (TPSA) is 388 Å². The Morgan fingerprint density at radius 1 is 0.658 bits per heavy atom. The molecule has 4 saturated carbocycles. The number of allylic oxidation sites excluding steroid dienone is 3. The number of carboxylic acids is 1. The standard InChI is InChI=1S/C55H86O24/c1-10-23(2)46(71)79-43-44(72-24(3)60)55(22-59)26(17-50(43,4)5)25-11-12-30-51(6)15-14-32(52(7,21-58)29(51)13-16-53(30,8)54(25,9)18-31(55)61)75-49-41(77-48-38(67)36(65)34(63)28(20-57)74-48)39(68)40(42(78-49)45(69)70)76-47-37(66)35(64)33(62)27(19-56)73-47/h10-11,26-44,47-49,56-59,61-68H,12-22H2,1-9H3,(H,69,70)/b23-10-/t26?,27?,28?,29?,30?,31-,32+,33?,34?,35-,36-,37+,38+,39-,40?,41+,42?,43+,44+,47+,48+,49-,51+,52-,53-,54-,55+/m1/s1. The summed E-state index contributed by atoms with van der Waals surface area (Å²) in [5.41, 5.74) is -3.78. The third kappa shape index (κ3) is 9.94. The molecule has 3 saturated heterocycles. The average molecular weight is 1130 g/mol. The van der Waals surface area contributed by atoms with Crippen molar-refractivity contribution in [2.75, 3.05) is 26.4 Å². The Kier molecular flexibility index (Phi) is 17.8. The molecule has 27 atom stereocenters. The first kappa shape index (κ1) is 62.2. The number of carbonyl (C=O) groups excluding carboxylic acids is 2. The minimum atomic E-state index is -2.18. The Morgan fingerprint density at radius 2 is 1.24 bits per heavy atom. The summed E-state index contributed by atoms with van der Waals surface area (Å²) in [7, 11) is 0. The van der Waals surface area contributed by atoms with Crippen molar-refractivity contribution in [3.05, 3.63) is 23.3 Å². The molecule has 3 aliphatic heterocycles. The zero-order chi connectivity index (χ0) is 58.4. The number of hydrogen-bond donors (Lipinski definition) is 13. The number of aliphatic hydroxyl groups excluding tert-OH is 12. The molecule has 0 aromatic heterocycles. The van der Waals surface area contributed by atoms with Crippen LogP contribution in [0, 0.1) is 50.2 Å². The van der Waals surface area contributed by atoms with Crippen LogP contribution < -0.4 is 0 Å². The molecule has 8 rings (SSSR count). The average Bonchev–Trinajstić information content (AvgIpc) is 3.25. The molecule has 0 aromatic rings. The van der Waals surface area contributed by atoms with Crippen molar-refractivity contribution in [3.8, 4) is 0 Å². The summed E-state index contributed by atoms with van der Waals surface area (Å²) in [6, 6.07) is 0. The molecule has 0 bridgehead atoms. The molecule has 24 heteroatoms. The lowest BCUT2D eigenvalue weighted by atomic mass is 9.33. The molecule has 0 radical (unpaired) electrons. The summed E-state index contributed by atoms with van der Waals surface area (Å²) < 4.78 is 48.2. The molecule has 13 N–H and O–H groups in total. The molecule has 7 fully saturated rings. The van der Waals surface area contributed by atoms with E-state index in [4.69, 9.17) is 37.9 Å². The van der Waals surface area contributed by atoms with Crippen molar-refractivity contribution in [1.82, 2.24) is 0 Å². The van der Waals surface area contributed by atoms with Gasteiger partial charge in [-0.2, -0.15) is 0 Å². The number of fused-ring (bicyclic) bond motifs is 7. The van der Waals surface area contributed by atoms with E-state index in [2.05, 4.69) is 26.8 Å². The summed E-state index contributed by atoms with van der Waals surface area (Å²) in [5.74, 6) is -3.88. The van der Waals surface area contributed by atoms with Gasteiger partial charge >= 0.3 is 17.9 Å².